The molecule has 0 bridgehead atoms. The van der Waals surface area contributed by atoms with Crippen LogP contribution in [0.15, 0.2) is 18.2 Å². The molecule has 29 heavy (non-hydrogen) atoms. The van der Waals surface area contributed by atoms with E-state index >= 15 is 0 Å². The second-order valence-corrected chi connectivity index (χ2v) is 7.25. The van der Waals surface area contributed by atoms with Crippen LogP contribution in [0.5, 0.6) is 5.75 Å². The molecule has 1 atom stereocenters. The maximum Gasteiger partial charge on any atom is 0.511 e. The molecule has 1 heterocycles. The van der Waals surface area contributed by atoms with Crippen molar-refractivity contribution in [1.82, 2.24) is 5.32 Å². The number of rotatable bonds is 6. The molecule has 8 nitrogen and oxygen atoms in total. The lowest BCUT2D eigenvalue weighted by atomic mass is 9.79. The van der Waals surface area contributed by atoms with Crippen molar-refractivity contribution in [2.75, 3.05) is 6.79 Å². The number of carbonyl (C=O) groups excluding carboxylic acids is 3. The third-order valence-electron chi connectivity index (χ3n) is 5.08. The highest BCUT2D eigenvalue weighted by atomic mass is 16.8. The molecule has 156 valence electrons. The minimum atomic E-state index is -0.828. The third kappa shape index (κ3) is 5.89. The quantitative estimate of drug-likeness (QED) is 0.442. The van der Waals surface area contributed by atoms with Gasteiger partial charge in [-0.25, -0.2) is 9.59 Å². The number of hydrogen-bond acceptors (Lipinski definition) is 7. The van der Waals surface area contributed by atoms with Crippen LogP contribution in [0, 0.1) is 0 Å². The first kappa shape index (κ1) is 21.0. The normalized spacial score (nSPS) is 18.4. The van der Waals surface area contributed by atoms with Crippen LogP contribution in [-0.2, 0) is 25.4 Å². The Hall–Kier alpha value is -2.71. The molecule has 0 spiro atoms. The van der Waals surface area contributed by atoms with Gasteiger partial charge in [-0.1, -0.05) is 25.5 Å². The van der Waals surface area contributed by atoms with Crippen LogP contribution < -0.4 is 9.97 Å². The van der Waals surface area contributed by atoms with Crippen LogP contribution in [0.4, 0.5) is 4.79 Å². The van der Waals surface area contributed by atoms with Gasteiger partial charge >= 0.3 is 19.6 Å². The zero-order valence-corrected chi connectivity index (χ0v) is 16.6. The summed E-state index contributed by atoms with van der Waals surface area (Å²) in [6.07, 6.45) is 4.91. The fourth-order valence-electron chi connectivity index (χ4n) is 3.57. The molecule has 1 amide bonds. The van der Waals surface area contributed by atoms with Crippen molar-refractivity contribution < 1.29 is 33.2 Å². The molecular weight excluding hydrogens is 377 g/mol. The predicted octanol–water partition coefficient (Wildman–Crippen LogP) is 2.43. The van der Waals surface area contributed by atoms with Gasteiger partial charge in [-0.3, -0.25) is 4.79 Å². The van der Waals surface area contributed by atoms with Crippen LogP contribution in [0.25, 0.3) is 0 Å². The number of esters is 1. The average molecular weight is 403 g/mol. The Bertz CT molecular complexity index is 748. The molecule has 9 heteroatoms. The fraction of sp³-hybridized carbons (Fsp3) is 0.550. The van der Waals surface area contributed by atoms with E-state index in [1.54, 1.807) is 19.1 Å². The summed E-state index contributed by atoms with van der Waals surface area (Å²) in [6.45, 7) is 1.26. The minimum Gasteiger partial charge on any atom is -0.561 e. The standard InChI is InChI=1S/C20H26BNO7/c1-2-17(23)22-16-11-13-7-6-10-15(18(13)29-21-16)19(24)26-12-27-20(25)28-14-8-4-3-5-9-14/h6-7,10,14,16,21H,2-5,8-9,11-12H2,1H3,(H,22,23). The van der Waals surface area contributed by atoms with Gasteiger partial charge in [0.25, 0.3) is 0 Å². The summed E-state index contributed by atoms with van der Waals surface area (Å²) in [5.41, 5.74) is 1.07. The average Bonchev–Trinajstić information content (AvgIpc) is 2.73. The first-order valence-electron chi connectivity index (χ1n) is 10.1. The topological polar surface area (TPSA) is 100 Å². The number of benzene rings is 1. The molecular formula is C20H26BNO7. The number of carbonyl (C=O) groups is 3. The van der Waals surface area contributed by atoms with Gasteiger partial charge in [0.2, 0.25) is 12.7 Å². The first-order chi connectivity index (χ1) is 14.1. The van der Waals surface area contributed by atoms with E-state index in [2.05, 4.69) is 5.32 Å². The van der Waals surface area contributed by atoms with Crippen molar-refractivity contribution in [3.05, 3.63) is 29.3 Å². The predicted molar refractivity (Wildman–Crippen MR) is 105 cm³/mol. The molecule has 1 fully saturated rings. The number of nitrogens with one attached hydrogen (secondary N) is 1. The second-order valence-electron chi connectivity index (χ2n) is 7.25. The third-order valence-corrected chi connectivity index (χ3v) is 5.08. The maximum atomic E-state index is 12.4. The molecule has 1 aliphatic carbocycles. The Labute approximate surface area is 170 Å². The van der Waals surface area contributed by atoms with Crippen LogP contribution in [0.1, 0.15) is 61.4 Å². The van der Waals surface area contributed by atoms with Gasteiger partial charge in [0.05, 0.1) is 0 Å². The molecule has 1 unspecified atom stereocenters. The number of hydrogen-bond donors (Lipinski definition) is 1. The molecule has 3 rings (SSSR count). The largest absolute Gasteiger partial charge is 0.561 e. The van der Waals surface area contributed by atoms with Crippen molar-refractivity contribution in [2.45, 2.75) is 63.9 Å². The van der Waals surface area contributed by atoms with E-state index < -0.39 is 18.9 Å². The summed E-state index contributed by atoms with van der Waals surface area (Å²) in [6, 6.07) is 5.15. The van der Waals surface area contributed by atoms with E-state index in [0.717, 1.165) is 37.7 Å². The lowest BCUT2D eigenvalue weighted by Gasteiger charge is -2.26. The summed E-state index contributed by atoms with van der Waals surface area (Å²) >= 11 is 0. The Morgan fingerprint density at radius 1 is 1.17 bits per heavy atom. The van der Waals surface area contributed by atoms with Crippen molar-refractivity contribution in [3.8, 4) is 5.75 Å². The Balaban J connectivity index is 1.49. The highest BCUT2D eigenvalue weighted by Gasteiger charge is 2.27. The van der Waals surface area contributed by atoms with Crippen molar-refractivity contribution in [1.29, 1.82) is 0 Å². The molecule has 0 saturated heterocycles. The SMILES string of the molecule is CCC(=O)NC1BOc2c(cccc2C(=O)OCOC(=O)OC2CCCCC2)C1. The number of para-hydroxylation sites is 1. The van der Waals surface area contributed by atoms with Gasteiger partial charge < -0.3 is 24.2 Å². The molecule has 1 aromatic rings. The van der Waals surface area contributed by atoms with Gasteiger partial charge in [0.1, 0.15) is 17.4 Å². The van der Waals surface area contributed by atoms with Gasteiger partial charge in [0, 0.05) is 12.4 Å². The van der Waals surface area contributed by atoms with E-state index in [1.807, 2.05) is 6.07 Å². The van der Waals surface area contributed by atoms with E-state index in [1.165, 1.54) is 0 Å². The summed E-state index contributed by atoms with van der Waals surface area (Å²) < 4.78 is 20.8. The number of fused-ring (bicyclic) bond motifs is 1. The van der Waals surface area contributed by atoms with Crippen molar-refractivity contribution >= 4 is 25.5 Å². The Kier molecular flexibility index (Phi) is 7.38. The molecule has 1 aromatic carbocycles. The minimum absolute atomic E-state index is 0.0464. The van der Waals surface area contributed by atoms with E-state index in [0.29, 0.717) is 18.6 Å². The Morgan fingerprint density at radius 3 is 2.72 bits per heavy atom. The van der Waals surface area contributed by atoms with Crippen LogP contribution in [-0.4, -0.2) is 44.4 Å². The van der Waals surface area contributed by atoms with Gasteiger partial charge in [-0.2, -0.15) is 0 Å². The summed E-state index contributed by atoms with van der Waals surface area (Å²) in [5.74, 6) is -0.401. The number of amides is 1. The van der Waals surface area contributed by atoms with Crippen LogP contribution in [0.2, 0.25) is 0 Å². The summed E-state index contributed by atoms with van der Waals surface area (Å²) in [7, 11) is 0.271. The van der Waals surface area contributed by atoms with E-state index in [-0.39, 0.29) is 31.0 Å². The van der Waals surface area contributed by atoms with Gasteiger partial charge in [-0.15, -0.1) is 0 Å². The number of ether oxygens (including phenoxy) is 3. The Morgan fingerprint density at radius 2 is 1.97 bits per heavy atom. The van der Waals surface area contributed by atoms with E-state index in [9.17, 15) is 14.4 Å². The molecule has 0 aromatic heterocycles. The lowest BCUT2D eigenvalue weighted by molar-refractivity contribution is -0.121. The second kappa shape index (κ2) is 10.2. The van der Waals surface area contributed by atoms with Crippen LogP contribution >= 0.6 is 0 Å². The highest BCUT2D eigenvalue weighted by molar-refractivity contribution is 6.32. The molecule has 0 radical (unpaired) electrons. The zero-order valence-electron chi connectivity index (χ0n) is 16.6. The van der Waals surface area contributed by atoms with Crippen molar-refractivity contribution in [3.63, 3.8) is 0 Å². The molecule has 1 N–H and O–H groups in total. The van der Waals surface area contributed by atoms with Crippen LogP contribution in [0.3, 0.4) is 0 Å². The monoisotopic (exact) mass is 403 g/mol. The molecule has 1 saturated carbocycles. The molecule has 1 aliphatic heterocycles. The summed E-state index contributed by atoms with van der Waals surface area (Å²) in [4.78, 5) is 35.7. The van der Waals surface area contributed by atoms with Crippen molar-refractivity contribution in [2.24, 2.45) is 0 Å². The molecule has 2 aliphatic rings. The maximum absolute atomic E-state index is 12.4. The first-order valence-corrected chi connectivity index (χ1v) is 10.1. The highest BCUT2D eigenvalue weighted by Crippen LogP contribution is 2.29. The van der Waals surface area contributed by atoms with E-state index in [4.69, 9.17) is 18.9 Å². The lowest BCUT2D eigenvalue weighted by Crippen LogP contribution is -2.45. The summed E-state index contributed by atoms with van der Waals surface area (Å²) in [5, 5.41) is 2.89. The zero-order chi connectivity index (χ0) is 20.6. The van der Waals surface area contributed by atoms with Gasteiger partial charge in [0.15, 0.2) is 0 Å². The fourth-order valence-corrected chi connectivity index (χ4v) is 3.57. The smallest absolute Gasteiger partial charge is 0.511 e. The van der Waals surface area contributed by atoms with Gasteiger partial charge in [-0.05, 0) is 43.7 Å².